The van der Waals surface area contributed by atoms with Crippen LogP contribution in [0.5, 0.6) is 11.5 Å². The minimum atomic E-state index is -0.391. The number of carbonyl (C=O) groups excluding carboxylic acids is 2. The average molecular weight is 370 g/mol. The van der Waals surface area contributed by atoms with Gasteiger partial charge in [-0.1, -0.05) is 0 Å². The van der Waals surface area contributed by atoms with Crippen molar-refractivity contribution in [2.24, 2.45) is 23.7 Å². The molecule has 2 bridgehead atoms. The molecule has 3 aliphatic carbocycles. The molecule has 1 heterocycles. The van der Waals surface area contributed by atoms with Gasteiger partial charge in [-0.15, -0.1) is 0 Å². The van der Waals surface area contributed by atoms with Gasteiger partial charge in [0, 0.05) is 30.6 Å². The van der Waals surface area contributed by atoms with E-state index in [0.29, 0.717) is 18.3 Å². The minimum absolute atomic E-state index is 0.0621. The molecule has 1 saturated heterocycles. The summed E-state index contributed by atoms with van der Waals surface area (Å²) in [5.41, 5.74) is 2.11. The predicted octanol–water partition coefficient (Wildman–Crippen LogP) is 3.28. The quantitative estimate of drug-likeness (QED) is 0.601. The molecule has 5 heteroatoms. The van der Waals surface area contributed by atoms with Crippen LogP contribution in [0.3, 0.4) is 0 Å². The molecule has 1 spiro atoms. The number of hydrogen-bond donors (Lipinski definition) is 0. The van der Waals surface area contributed by atoms with Crippen molar-refractivity contribution in [3.8, 4) is 11.5 Å². The van der Waals surface area contributed by atoms with Gasteiger partial charge in [-0.25, -0.2) is 0 Å². The third-order valence-corrected chi connectivity index (χ3v) is 7.82. The van der Waals surface area contributed by atoms with Crippen LogP contribution in [0.15, 0.2) is 12.1 Å². The maximum atomic E-state index is 12.9. The van der Waals surface area contributed by atoms with Gasteiger partial charge in [0.15, 0.2) is 11.5 Å². The van der Waals surface area contributed by atoms with Crippen molar-refractivity contribution in [1.82, 2.24) is 0 Å². The number of fused-ring (bicyclic) bond motifs is 6. The molecule has 3 fully saturated rings. The lowest BCUT2D eigenvalue weighted by molar-refractivity contribution is -0.156. The number of benzene rings is 1. The molecule has 2 saturated carbocycles. The van der Waals surface area contributed by atoms with Crippen molar-refractivity contribution >= 4 is 12.3 Å². The molecule has 0 N–H and O–H groups in total. The number of methoxy groups -OCH3 is 2. The number of esters is 1. The maximum absolute atomic E-state index is 12.9. The molecule has 144 valence electrons. The zero-order valence-electron chi connectivity index (χ0n) is 15.9. The van der Waals surface area contributed by atoms with Crippen molar-refractivity contribution in [3.05, 3.63) is 23.3 Å². The maximum Gasteiger partial charge on any atom is 0.310 e. The van der Waals surface area contributed by atoms with E-state index in [1.54, 1.807) is 14.2 Å². The van der Waals surface area contributed by atoms with Gasteiger partial charge in [0.05, 0.1) is 20.1 Å². The number of carbonyl (C=O) groups is 2. The van der Waals surface area contributed by atoms with Crippen LogP contribution in [0.4, 0.5) is 0 Å². The number of ether oxygens (including phenoxy) is 3. The van der Waals surface area contributed by atoms with Gasteiger partial charge < -0.3 is 19.0 Å². The molecular weight excluding hydrogens is 344 g/mol. The highest BCUT2D eigenvalue weighted by molar-refractivity contribution is 5.78. The smallest absolute Gasteiger partial charge is 0.310 e. The van der Waals surface area contributed by atoms with Crippen LogP contribution in [-0.4, -0.2) is 32.1 Å². The van der Waals surface area contributed by atoms with Crippen molar-refractivity contribution in [1.29, 1.82) is 0 Å². The van der Waals surface area contributed by atoms with Crippen LogP contribution >= 0.6 is 0 Å². The summed E-state index contributed by atoms with van der Waals surface area (Å²) < 4.78 is 17.1. The SMILES string of the molecule is COc1cc2c(cc1OC)[C@@H]1[C@@H](CC2)[C@@H]2CC[C@@H](CC=O)[C@@]23C[C@H]1C(=O)O3. The Bertz CT molecular complexity index is 802. The van der Waals surface area contributed by atoms with Gasteiger partial charge in [0.1, 0.15) is 11.9 Å². The second-order valence-electron chi connectivity index (χ2n) is 8.60. The molecule has 5 nitrogen and oxygen atoms in total. The minimum Gasteiger partial charge on any atom is -0.493 e. The van der Waals surface area contributed by atoms with E-state index in [-0.39, 0.29) is 23.7 Å². The predicted molar refractivity (Wildman–Crippen MR) is 97.9 cm³/mol. The first-order chi connectivity index (χ1) is 13.1. The number of rotatable bonds is 4. The fourth-order valence-electron chi connectivity index (χ4n) is 6.83. The van der Waals surface area contributed by atoms with Crippen molar-refractivity contribution in [2.45, 2.75) is 50.0 Å². The third kappa shape index (κ3) is 2.17. The molecule has 0 amide bonds. The molecule has 0 unspecified atom stereocenters. The highest BCUT2D eigenvalue weighted by Crippen LogP contribution is 2.66. The lowest BCUT2D eigenvalue weighted by Gasteiger charge is -2.48. The van der Waals surface area contributed by atoms with Crippen LogP contribution in [0, 0.1) is 23.7 Å². The van der Waals surface area contributed by atoms with Crippen LogP contribution in [0.2, 0.25) is 0 Å². The van der Waals surface area contributed by atoms with Gasteiger partial charge in [0.2, 0.25) is 0 Å². The molecule has 4 aliphatic rings. The van der Waals surface area contributed by atoms with Crippen molar-refractivity contribution in [2.75, 3.05) is 14.2 Å². The van der Waals surface area contributed by atoms with Gasteiger partial charge >= 0.3 is 5.97 Å². The lowest BCUT2D eigenvalue weighted by Crippen LogP contribution is -2.48. The van der Waals surface area contributed by atoms with Gasteiger partial charge in [-0.2, -0.15) is 0 Å². The Kier molecular flexibility index (Phi) is 3.78. The Labute approximate surface area is 159 Å². The third-order valence-electron chi connectivity index (χ3n) is 7.82. The Morgan fingerprint density at radius 1 is 1.19 bits per heavy atom. The Hall–Kier alpha value is -2.04. The highest BCUT2D eigenvalue weighted by atomic mass is 16.6. The number of aryl methyl sites for hydroxylation is 1. The zero-order chi connectivity index (χ0) is 18.8. The van der Waals surface area contributed by atoms with Crippen LogP contribution < -0.4 is 9.47 Å². The molecule has 0 radical (unpaired) electrons. The fraction of sp³-hybridized carbons (Fsp3) is 0.636. The molecule has 1 aromatic rings. The van der Waals surface area contributed by atoms with E-state index in [9.17, 15) is 9.59 Å². The van der Waals surface area contributed by atoms with Crippen molar-refractivity contribution < 1.29 is 23.8 Å². The van der Waals surface area contributed by atoms with Crippen LogP contribution in [0.25, 0.3) is 0 Å². The van der Waals surface area contributed by atoms with E-state index in [0.717, 1.165) is 49.9 Å². The highest BCUT2D eigenvalue weighted by Gasteiger charge is 2.67. The fourth-order valence-corrected chi connectivity index (χ4v) is 6.83. The standard InChI is InChI=1S/C22H26O5/c1-25-18-9-12-3-5-14-17-6-4-13(7-8-23)22(17)11-16(21(24)27-22)20(14)15(12)10-19(18)26-2/h8-10,13-14,16-17,20H,3-7,11H2,1-2H3/t13-,14-,16+,17-,20-,22-/m0/s1. The first-order valence-corrected chi connectivity index (χ1v) is 10.0. The van der Waals surface area contributed by atoms with E-state index in [2.05, 4.69) is 12.1 Å². The van der Waals surface area contributed by atoms with Gasteiger partial charge in [-0.3, -0.25) is 4.79 Å². The second-order valence-corrected chi connectivity index (χ2v) is 8.60. The summed E-state index contributed by atoms with van der Waals surface area (Å²) in [6.45, 7) is 0. The summed E-state index contributed by atoms with van der Waals surface area (Å²) in [6.07, 6.45) is 6.39. The topological polar surface area (TPSA) is 61.8 Å². The molecule has 0 aromatic heterocycles. The zero-order valence-corrected chi connectivity index (χ0v) is 15.9. The second kappa shape index (κ2) is 5.98. The summed E-state index contributed by atoms with van der Waals surface area (Å²) in [5, 5.41) is 0. The first-order valence-electron chi connectivity index (χ1n) is 10.0. The lowest BCUT2D eigenvalue weighted by atomic mass is 9.55. The van der Waals surface area contributed by atoms with Crippen LogP contribution in [0.1, 0.15) is 49.1 Å². The Morgan fingerprint density at radius 3 is 2.70 bits per heavy atom. The summed E-state index contributed by atoms with van der Waals surface area (Å²) >= 11 is 0. The van der Waals surface area contributed by atoms with E-state index in [1.165, 1.54) is 11.1 Å². The molecule has 1 aliphatic heterocycles. The molecule has 1 aromatic carbocycles. The molecule has 27 heavy (non-hydrogen) atoms. The van der Waals surface area contributed by atoms with Gasteiger partial charge in [0.25, 0.3) is 0 Å². The summed E-state index contributed by atoms with van der Waals surface area (Å²) in [5.74, 6) is 2.52. The largest absolute Gasteiger partial charge is 0.493 e. The first kappa shape index (κ1) is 17.1. The summed E-state index contributed by atoms with van der Waals surface area (Å²) in [6, 6.07) is 4.16. The molecular formula is C22H26O5. The Morgan fingerprint density at radius 2 is 1.96 bits per heavy atom. The number of aldehydes is 1. The van der Waals surface area contributed by atoms with E-state index >= 15 is 0 Å². The van der Waals surface area contributed by atoms with Gasteiger partial charge in [-0.05, 0) is 54.9 Å². The van der Waals surface area contributed by atoms with Crippen LogP contribution in [-0.2, 0) is 20.7 Å². The molecule has 5 rings (SSSR count). The molecule has 6 atom stereocenters. The van der Waals surface area contributed by atoms with E-state index < -0.39 is 5.60 Å². The summed E-state index contributed by atoms with van der Waals surface area (Å²) in [4.78, 5) is 24.1. The summed E-state index contributed by atoms with van der Waals surface area (Å²) in [7, 11) is 3.31. The van der Waals surface area contributed by atoms with E-state index in [1.807, 2.05) is 0 Å². The van der Waals surface area contributed by atoms with E-state index in [4.69, 9.17) is 14.2 Å². The number of hydrogen-bond acceptors (Lipinski definition) is 5. The normalized spacial score (nSPS) is 38.4. The Balaban J connectivity index is 1.60. The van der Waals surface area contributed by atoms with Crippen molar-refractivity contribution in [3.63, 3.8) is 0 Å². The average Bonchev–Trinajstić information content (AvgIpc) is 3.18. The monoisotopic (exact) mass is 370 g/mol.